The van der Waals surface area contributed by atoms with Crippen LogP contribution in [0.4, 0.5) is 0 Å². The van der Waals surface area contributed by atoms with Crippen LogP contribution in [0.15, 0.2) is 4.91 Å². The van der Waals surface area contributed by atoms with Crippen LogP contribution in [0.5, 0.6) is 0 Å². The zero-order chi connectivity index (χ0) is 15.6. The molecule has 0 saturated carbocycles. The highest BCUT2D eigenvalue weighted by Gasteiger charge is 2.41. The van der Waals surface area contributed by atoms with Crippen LogP contribution in [-0.4, -0.2) is 48.7 Å². The van der Waals surface area contributed by atoms with E-state index in [1.807, 2.05) is 0 Å². The maximum atomic E-state index is 11.8. The molecule has 7 nitrogen and oxygen atoms in total. The molecule has 0 atom stereocenters. The smallest absolute Gasteiger partial charge is 0.501 e. The van der Waals surface area contributed by atoms with Gasteiger partial charge >= 0.3 is 8.80 Å². The van der Waals surface area contributed by atoms with Gasteiger partial charge in [0.05, 0.1) is 5.75 Å². The zero-order valence-electron chi connectivity index (χ0n) is 11.9. The summed E-state index contributed by atoms with van der Waals surface area (Å²) >= 11 is 0. The number of hydrogen-bond acceptors (Lipinski definition) is 6. The predicted octanol–water partition coefficient (Wildman–Crippen LogP) is 1.10. The highest BCUT2D eigenvalue weighted by atomic mass is 32.2. The molecular formula is C11H19N2O5SSi-. The first-order chi connectivity index (χ1) is 9.41. The third-order valence-electron chi connectivity index (χ3n) is 2.28. The standard InChI is InChI=1S/C11H19N2O5SSi/c1-4-16-20(17-5-2,18-6-3)8-7-19(14,15)11(9-12)10-13/h4-8H2,1-3H3/q-1. The number of allylic oxidation sites excluding steroid dienone is 1. The van der Waals surface area contributed by atoms with Crippen LogP contribution in [0.1, 0.15) is 20.8 Å². The van der Waals surface area contributed by atoms with Gasteiger partial charge in [0.15, 0.2) is 14.7 Å². The van der Waals surface area contributed by atoms with Crippen molar-refractivity contribution < 1.29 is 21.7 Å². The first kappa shape index (κ1) is 19.0. The summed E-state index contributed by atoms with van der Waals surface area (Å²) in [6, 6.07) is 1.40. The molecule has 0 aliphatic carbocycles. The van der Waals surface area contributed by atoms with Gasteiger partial charge in [-0.2, -0.15) is 5.26 Å². The Bertz CT molecular complexity index is 476. The van der Waals surface area contributed by atoms with Crippen molar-refractivity contribution >= 4 is 24.5 Å². The van der Waals surface area contributed by atoms with Gasteiger partial charge in [0.1, 0.15) is 6.07 Å². The van der Waals surface area contributed by atoms with E-state index in [1.54, 1.807) is 20.8 Å². The van der Waals surface area contributed by atoms with Gasteiger partial charge in [0.25, 0.3) is 0 Å². The average Bonchev–Trinajstić information content (AvgIpc) is 2.39. The normalized spacial score (nSPS) is 11.7. The Labute approximate surface area is 120 Å². The van der Waals surface area contributed by atoms with Crippen molar-refractivity contribution in [1.82, 2.24) is 0 Å². The highest BCUT2D eigenvalue weighted by molar-refractivity contribution is 7.95. The van der Waals surface area contributed by atoms with E-state index < -0.39 is 29.3 Å². The van der Waals surface area contributed by atoms with Crippen LogP contribution < -0.4 is 0 Å². The van der Waals surface area contributed by atoms with Crippen molar-refractivity contribution in [2.24, 2.45) is 0 Å². The highest BCUT2D eigenvalue weighted by Crippen LogP contribution is 2.19. The first-order valence-electron chi connectivity index (χ1n) is 6.23. The lowest BCUT2D eigenvalue weighted by molar-refractivity contribution is 0.0727. The number of rotatable bonds is 10. The molecular weight excluding hydrogens is 300 g/mol. The van der Waals surface area contributed by atoms with Crippen LogP contribution in [0.3, 0.4) is 0 Å². The number of sulfone groups is 1. The van der Waals surface area contributed by atoms with E-state index in [0.717, 1.165) is 0 Å². The molecule has 0 aliphatic rings. The Hall–Kier alpha value is -1.01. The molecule has 0 N–H and O–H groups in total. The topological polar surface area (TPSA) is 108 Å². The van der Waals surface area contributed by atoms with Crippen molar-refractivity contribution in [2.45, 2.75) is 26.8 Å². The fourth-order valence-corrected chi connectivity index (χ4v) is 6.09. The van der Waals surface area contributed by atoms with Gasteiger partial charge in [-0.1, -0.05) is 0 Å². The largest absolute Gasteiger partial charge is 0.762 e. The Morgan fingerprint density at radius 2 is 1.60 bits per heavy atom. The first-order valence-corrected chi connectivity index (χ1v) is 9.81. The second-order valence-electron chi connectivity index (χ2n) is 3.60. The second-order valence-corrected chi connectivity index (χ2v) is 8.38. The van der Waals surface area contributed by atoms with Crippen molar-refractivity contribution in [1.29, 1.82) is 5.26 Å². The fraction of sp³-hybridized carbons (Fsp3) is 0.727. The van der Waals surface area contributed by atoms with Crippen LogP contribution in [0.25, 0.3) is 5.41 Å². The molecule has 0 saturated heterocycles. The van der Waals surface area contributed by atoms with Crippen LogP contribution in [0.2, 0.25) is 6.04 Å². The molecule has 9 heteroatoms. The van der Waals surface area contributed by atoms with Crippen molar-refractivity contribution in [3.8, 4) is 6.07 Å². The van der Waals surface area contributed by atoms with Crippen LogP contribution >= 0.6 is 0 Å². The van der Waals surface area contributed by atoms with E-state index in [2.05, 4.69) is 0 Å². The third-order valence-corrected chi connectivity index (χ3v) is 7.24. The van der Waals surface area contributed by atoms with E-state index in [9.17, 15) is 8.42 Å². The Balaban J connectivity index is 5.10. The van der Waals surface area contributed by atoms with E-state index >= 15 is 0 Å². The summed E-state index contributed by atoms with van der Waals surface area (Å²) in [6.07, 6.45) is 0. The molecule has 0 rings (SSSR count). The second kappa shape index (κ2) is 9.02. The number of hydrogen-bond donors (Lipinski definition) is 0. The van der Waals surface area contributed by atoms with Gasteiger partial charge in [0.2, 0.25) is 0 Å². The molecule has 0 amide bonds. The minimum absolute atomic E-state index is 0.0116. The third kappa shape index (κ3) is 5.54. The molecule has 114 valence electrons. The van der Waals surface area contributed by atoms with Gasteiger partial charge in [-0.3, -0.25) is 0 Å². The molecule has 0 fully saturated rings. The van der Waals surface area contributed by atoms with E-state index in [1.165, 1.54) is 11.9 Å². The van der Waals surface area contributed by atoms with E-state index in [-0.39, 0.29) is 6.04 Å². The number of nitrogens with zero attached hydrogens (tertiary/aromatic N) is 2. The molecule has 0 aromatic rings. The lowest BCUT2D eigenvalue weighted by Crippen LogP contribution is -2.47. The van der Waals surface area contributed by atoms with Gasteiger partial charge in [-0.05, 0) is 20.8 Å². The SMILES string of the molecule is CCO[Si](CCS(=O)(=O)C(=C=[N-])C#N)(OCC)OCC. The fourth-order valence-electron chi connectivity index (χ4n) is 1.53. The van der Waals surface area contributed by atoms with Crippen molar-refractivity contribution in [2.75, 3.05) is 25.6 Å². The van der Waals surface area contributed by atoms with Gasteiger partial charge in [0, 0.05) is 25.9 Å². The molecule has 0 bridgehead atoms. The quantitative estimate of drug-likeness (QED) is 0.339. The summed E-state index contributed by atoms with van der Waals surface area (Å²) in [4.78, 5) is -0.801. The Morgan fingerprint density at radius 1 is 1.15 bits per heavy atom. The molecule has 0 heterocycles. The average molecular weight is 319 g/mol. The molecule has 20 heavy (non-hydrogen) atoms. The van der Waals surface area contributed by atoms with Gasteiger partial charge < -0.3 is 18.7 Å². The van der Waals surface area contributed by atoms with E-state index in [0.29, 0.717) is 19.8 Å². The molecule has 0 radical (unpaired) electrons. The molecule has 0 spiro atoms. The predicted molar refractivity (Wildman–Crippen MR) is 76.7 cm³/mol. The zero-order valence-corrected chi connectivity index (χ0v) is 13.7. The van der Waals surface area contributed by atoms with Gasteiger partial charge in [-0.15, -0.1) is 0 Å². The molecule has 0 unspecified atom stereocenters. The number of nitriles is 1. The van der Waals surface area contributed by atoms with Crippen LogP contribution in [0, 0.1) is 11.3 Å². The lowest BCUT2D eigenvalue weighted by atomic mass is 10.7. The summed E-state index contributed by atoms with van der Waals surface area (Å²) in [5.41, 5.74) is 0. The maximum Gasteiger partial charge on any atom is 0.501 e. The van der Waals surface area contributed by atoms with Crippen LogP contribution in [-0.2, 0) is 23.1 Å². The Morgan fingerprint density at radius 3 is 1.90 bits per heavy atom. The van der Waals surface area contributed by atoms with Gasteiger partial charge in [-0.25, -0.2) is 14.3 Å². The Kier molecular flexibility index (Phi) is 8.56. The minimum Gasteiger partial charge on any atom is -0.762 e. The minimum atomic E-state index is -3.92. The van der Waals surface area contributed by atoms with Crippen molar-refractivity contribution in [3.63, 3.8) is 0 Å². The van der Waals surface area contributed by atoms with Crippen molar-refractivity contribution in [3.05, 3.63) is 10.3 Å². The summed E-state index contributed by atoms with van der Waals surface area (Å²) in [6.45, 7) is 6.28. The lowest BCUT2D eigenvalue weighted by Gasteiger charge is -2.28. The molecule has 0 aliphatic heterocycles. The monoisotopic (exact) mass is 319 g/mol. The summed E-state index contributed by atoms with van der Waals surface area (Å²) < 4.78 is 40.2. The maximum absolute atomic E-state index is 11.8. The molecule has 0 aromatic carbocycles. The molecule has 0 aromatic heterocycles. The summed E-state index contributed by atoms with van der Waals surface area (Å²) in [5.74, 6) is 0.978. The summed E-state index contributed by atoms with van der Waals surface area (Å²) in [7, 11) is -7.01. The van der Waals surface area contributed by atoms with E-state index in [4.69, 9.17) is 23.9 Å². The summed E-state index contributed by atoms with van der Waals surface area (Å²) in [5, 5.41) is 17.3.